The highest BCUT2D eigenvalue weighted by Gasteiger charge is 2.25. The highest BCUT2D eigenvalue weighted by molar-refractivity contribution is 5.99. The van der Waals surface area contributed by atoms with E-state index in [9.17, 15) is 14.9 Å². The molecule has 2 aromatic rings. The number of amides is 1. The molecule has 1 N–H and O–H groups in total. The highest BCUT2D eigenvalue weighted by Crippen LogP contribution is 2.34. The molecule has 1 amide bonds. The van der Waals surface area contributed by atoms with Gasteiger partial charge < -0.3 is 14.8 Å². The minimum absolute atomic E-state index is 0.0539. The molecule has 0 aliphatic carbocycles. The van der Waals surface area contributed by atoms with Crippen LogP contribution in [0.2, 0.25) is 0 Å². The molecule has 3 rings (SSSR count). The van der Waals surface area contributed by atoms with Crippen LogP contribution in [0.5, 0.6) is 11.5 Å². The van der Waals surface area contributed by atoms with E-state index in [1.165, 1.54) is 32.1 Å². The summed E-state index contributed by atoms with van der Waals surface area (Å²) < 4.78 is 10.7. The van der Waals surface area contributed by atoms with Crippen molar-refractivity contribution in [3.8, 4) is 11.5 Å². The lowest BCUT2D eigenvalue weighted by molar-refractivity contribution is -0.385. The van der Waals surface area contributed by atoms with Crippen LogP contribution in [0.25, 0.3) is 0 Å². The number of hydrogen-bond donors (Lipinski definition) is 1. The fourth-order valence-electron chi connectivity index (χ4n) is 3.93. The van der Waals surface area contributed by atoms with E-state index in [4.69, 9.17) is 9.47 Å². The predicted molar refractivity (Wildman–Crippen MR) is 122 cm³/mol. The number of piperidine rings is 1. The van der Waals surface area contributed by atoms with Crippen LogP contribution in [0.3, 0.4) is 0 Å². The molecule has 172 valence electrons. The van der Waals surface area contributed by atoms with Crippen LogP contribution in [-0.2, 0) is 13.1 Å². The number of methoxy groups -OCH3 is 1. The van der Waals surface area contributed by atoms with Gasteiger partial charge in [-0.25, -0.2) is 0 Å². The molecule has 8 heteroatoms. The van der Waals surface area contributed by atoms with Crippen LogP contribution >= 0.6 is 0 Å². The van der Waals surface area contributed by atoms with E-state index in [1.807, 2.05) is 18.2 Å². The Bertz CT molecular complexity index is 955. The van der Waals surface area contributed by atoms with E-state index in [1.54, 1.807) is 6.92 Å². The lowest BCUT2D eigenvalue weighted by Gasteiger charge is -2.30. The van der Waals surface area contributed by atoms with Crippen LogP contribution in [-0.4, -0.2) is 42.5 Å². The maximum Gasteiger partial charge on any atom is 0.286 e. The summed E-state index contributed by atoms with van der Waals surface area (Å²) in [6, 6.07) is 10.6. The molecule has 0 aromatic heterocycles. The maximum absolute atomic E-state index is 12.9. The number of nitro benzene ring substituents is 1. The van der Waals surface area contributed by atoms with Crippen LogP contribution in [0.1, 0.15) is 48.2 Å². The van der Waals surface area contributed by atoms with E-state index >= 15 is 0 Å². The molecule has 0 bridgehead atoms. The predicted octanol–water partition coefficient (Wildman–Crippen LogP) is 4.16. The number of ether oxygens (including phenoxy) is 2. The van der Waals surface area contributed by atoms with Gasteiger partial charge in [0.05, 0.1) is 24.7 Å². The number of benzene rings is 2. The van der Waals surface area contributed by atoms with Crippen molar-refractivity contribution < 1.29 is 19.2 Å². The summed E-state index contributed by atoms with van der Waals surface area (Å²) in [6.45, 7) is 7.68. The summed E-state index contributed by atoms with van der Waals surface area (Å²) in [5.74, 6) is 0.756. The monoisotopic (exact) mass is 441 g/mol. The number of nitrogens with one attached hydrogen (secondary N) is 1. The van der Waals surface area contributed by atoms with Gasteiger partial charge in [-0.15, -0.1) is 0 Å². The Kier molecular flexibility index (Phi) is 8.05. The van der Waals surface area contributed by atoms with Crippen molar-refractivity contribution >= 4 is 11.6 Å². The Labute approximate surface area is 188 Å². The smallest absolute Gasteiger partial charge is 0.286 e. The van der Waals surface area contributed by atoms with E-state index in [0.29, 0.717) is 12.4 Å². The number of nitro groups is 1. The molecule has 1 heterocycles. The number of carbonyl (C=O) groups is 1. The second-order valence-electron chi connectivity index (χ2n) is 8.12. The first-order valence-electron chi connectivity index (χ1n) is 11.0. The average Bonchev–Trinajstić information content (AvgIpc) is 2.79. The quantitative estimate of drug-likeness (QED) is 0.464. The van der Waals surface area contributed by atoms with Gasteiger partial charge in [0.25, 0.3) is 11.6 Å². The van der Waals surface area contributed by atoms with Crippen LogP contribution in [0.4, 0.5) is 5.69 Å². The molecular formula is C24H31N3O5. The van der Waals surface area contributed by atoms with Gasteiger partial charge in [-0.1, -0.05) is 31.2 Å². The lowest BCUT2D eigenvalue weighted by Crippen LogP contribution is -2.33. The third-order valence-electron chi connectivity index (χ3n) is 5.85. The summed E-state index contributed by atoms with van der Waals surface area (Å²) >= 11 is 0. The maximum atomic E-state index is 12.9. The van der Waals surface area contributed by atoms with Crippen molar-refractivity contribution in [1.29, 1.82) is 0 Å². The number of carbonyl (C=O) groups excluding carboxylic acids is 1. The van der Waals surface area contributed by atoms with Gasteiger partial charge in [-0.05, 0) is 49.9 Å². The molecule has 32 heavy (non-hydrogen) atoms. The number of likely N-dealkylation sites (tertiary alicyclic amines) is 1. The number of nitrogens with zero attached hydrogens (tertiary/aromatic N) is 2. The molecule has 8 nitrogen and oxygen atoms in total. The molecule has 2 aromatic carbocycles. The Morgan fingerprint density at radius 1 is 1.19 bits per heavy atom. The van der Waals surface area contributed by atoms with Gasteiger partial charge in [-0.3, -0.25) is 19.8 Å². The summed E-state index contributed by atoms with van der Waals surface area (Å²) in [5, 5.41) is 14.4. The van der Waals surface area contributed by atoms with E-state index in [0.717, 1.165) is 36.7 Å². The summed E-state index contributed by atoms with van der Waals surface area (Å²) in [4.78, 5) is 26.3. The molecule has 0 radical (unpaired) electrons. The van der Waals surface area contributed by atoms with Gasteiger partial charge in [0.15, 0.2) is 11.5 Å². The lowest BCUT2D eigenvalue weighted by atomic mass is 9.98. The molecule has 1 fully saturated rings. The minimum Gasteiger partial charge on any atom is -0.493 e. The Morgan fingerprint density at radius 2 is 1.88 bits per heavy atom. The second kappa shape index (κ2) is 10.9. The molecule has 0 atom stereocenters. The zero-order valence-electron chi connectivity index (χ0n) is 18.9. The van der Waals surface area contributed by atoms with Gasteiger partial charge >= 0.3 is 0 Å². The van der Waals surface area contributed by atoms with E-state index in [-0.39, 0.29) is 23.5 Å². The van der Waals surface area contributed by atoms with Crippen molar-refractivity contribution in [2.45, 2.75) is 39.8 Å². The van der Waals surface area contributed by atoms with Gasteiger partial charge in [0.2, 0.25) is 0 Å². The van der Waals surface area contributed by atoms with Gasteiger partial charge in [0.1, 0.15) is 5.56 Å². The molecule has 1 aliphatic rings. The largest absolute Gasteiger partial charge is 0.493 e. The fourth-order valence-corrected chi connectivity index (χ4v) is 3.93. The number of hydrogen-bond acceptors (Lipinski definition) is 6. The molecule has 1 saturated heterocycles. The average molecular weight is 442 g/mol. The first kappa shape index (κ1) is 23.5. The summed E-state index contributed by atoms with van der Waals surface area (Å²) in [6.07, 6.45) is 2.39. The fraction of sp³-hybridized carbons (Fsp3) is 0.458. The van der Waals surface area contributed by atoms with Crippen molar-refractivity contribution in [3.63, 3.8) is 0 Å². The van der Waals surface area contributed by atoms with Crippen LogP contribution in [0.15, 0.2) is 36.4 Å². The Balaban J connectivity index is 1.76. The van der Waals surface area contributed by atoms with E-state index in [2.05, 4.69) is 23.2 Å². The molecule has 0 saturated carbocycles. The summed E-state index contributed by atoms with van der Waals surface area (Å²) in [5.41, 5.74) is 1.78. The van der Waals surface area contributed by atoms with Crippen molar-refractivity contribution in [1.82, 2.24) is 10.2 Å². The Hall–Kier alpha value is -3.13. The third-order valence-corrected chi connectivity index (χ3v) is 5.85. The first-order chi connectivity index (χ1) is 15.4. The SMILES string of the molecule is CCOc1cc(C(=O)NCc2ccccc2CN2CCC(C)CC2)c([N+](=O)[O-])cc1OC. The second-order valence-corrected chi connectivity index (χ2v) is 8.12. The standard InChI is InChI=1S/C24H31N3O5/c1-4-32-23-13-20(21(27(29)30)14-22(23)31-3)24(28)25-15-18-7-5-6-8-19(18)16-26-11-9-17(2)10-12-26/h5-8,13-14,17H,4,9-12,15-16H2,1-3H3,(H,25,28). The van der Waals surface area contributed by atoms with Crippen molar-refractivity contribution in [3.05, 3.63) is 63.2 Å². The normalized spacial score (nSPS) is 14.7. The zero-order chi connectivity index (χ0) is 23.1. The van der Waals surface area contributed by atoms with Gasteiger partial charge in [-0.2, -0.15) is 0 Å². The first-order valence-corrected chi connectivity index (χ1v) is 11.0. The van der Waals surface area contributed by atoms with Crippen LogP contribution < -0.4 is 14.8 Å². The molecular weight excluding hydrogens is 410 g/mol. The van der Waals surface area contributed by atoms with Crippen LogP contribution in [0, 0.1) is 16.0 Å². The summed E-state index contributed by atoms with van der Waals surface area (Å²) in [7, 11) is 1.40. The van der Waals surface area contributed by atoms with Crippen molar-refractivity contribution in [2.24, 2.45) is 5.92 Å². The number of rotatable bonds is 9. The topological polar surface area (TPSA) is 93.9 Å². The highest BCUT2D eigenvalue weighted by atomic mass is 16.6. The van der Waals surface area contributed by atoms with E-state index < -0.39 is 10.8 Å². The minimum atomic E-state index is -0.585. The van der Waals surface area contributed by atoms with Gasteiger partial charge in [0, 0.05) is 19.2 Å². The third kappa shape index (κ3) is 5.76. The molecule has 1 aliphatic heterocycles. The molecule has 0 spiro atoms. The molecule has 0 unspecified atom stereocenters. The van der Waals surface area contributed by atoms with Crippen molar-refractivity contribution in [2.75, 3.05) is 26.8 Å². The Morgan fingerprint density at radius 3 is 2.50 bits per heavy atom. The zero-order valence-corrected chi connectivity index (χ0v) is 18.9.